The molecule has 0 aliphatic carbocycles. The second-order valence-electron chi connectivity index (χ2n) is 3.50. The summed E-state index contributed by atoms with van der Waals surface area (Å²) >= 11 is 0. The van der Waals surface area contributed by atoms with E-state index in [1.165, 1.54) is 0 Å². The van der Waals surface area contributed by atoms with Crippen LogP contribution in [-0.4, -0.2) is 41.1 Å². The number of carboxylic acids is 1. The lowest BCUT2D eigenvalue weighted by Gasteiger charge is -2.17. The molecular weight excluding hydrogens is 215 g/mol. The predicted octanol–water partition coefficient (Wildman–Crippen LogP) is 0.872. The second kappa shape index (κ2) is 4.08. The van der Waals surface area contributed by atoms with Crippen LogP contribution in [0, 0.1) is 5.92 Å². The van der Waals surface area contributed by atoms with Crippen LogP contribution in [0.4, 0.5) is 13.2 Å². The lowest BCUT2D eigenvalue weighted by molar-refractivity contribution is -0.184. The third-order valence-electron chi connectivity index (χ3n) is 2.28. The number of amides is 1. The van der Waals surface area contributed by atoms with E-state index in [1.807, 2.05) is 0 Å². The summed E-state index contributed by atoms with van der Waals surface area (Å²) < 4.78 is 35.9. The van der Waals surface area contributed by atoms with Gasteiger partial charge in [0.05, 0.1) is 0 Å². The van der Waals surface area contributed by atoms with Gasteiger partial charge in [0, 0.05) is 19.5 Å². The van der Waals surface area contributed by atoms with Gasteiger partial charge in [-0.1, -0.05) is 0 Å². The van der Waals surface area contributed by atoms with Gasteiger partial charge in [0.25, 0.3) is 0 Å². The lowest BCUT2D eigenvalue weighted by Crippen LogP contribution is -2.39. The summed E-state index contributed by atoms with van der Waals surface area (Å²) in [6, 6.07) is 0. The summed E-state index contributed by atoms with van der Waals surface area (Å²) in [6.07, 6.45) is -4.74. The second-order valence-corrected chi connectivity index (χ2v) is 3.50. The number of carbonyl (C=O) groups is 2. The van der Waals surface area contributed by atoms with Crippen LogP contribution in [0.25, 0.3) is 0 Å². The first kappa shape index (κ1) is 11.8. The Morgan fingerprint density at radius 3 is 2.47 bits per heavy atom. The van der Waals surface area contributed by atoms with E-state index in [4.69, 9.17) is 5.11 Å². The minimum absolute atomic E-state index is 0.0176. The first-order valence-electron chi connectivity index (χ1n) is 4.38. The van der Waals surface area contributed by atoms with Crippen LogP contribution in [0.5, 0.6) is 0 Å². The topological polar surface area (TPSA) is 57.6 Å². The molecule has 1 aliphatic heterocycles. The van der Waals surface area contributed by atoms with Crippen LogP contribution in [-0.2, 0) is 9.59 Å². The molecule has 4 nitrogen and oxygen atoms in total. The van der Waals surface area contributed by atoms with Crippen LogP contribution in [0.2, 0.25) is 0 Å². The number of carboxylic acid groups (broad SMARTS) is 1. The number of hydrogen-bond donors (Lipinski definition) is 1. The largest absolute Gasteiger partial charge is 0.481 e. The van der Waals surface area contributed by atoms with Crippen LogP contribution in [0.3, 0.4) is 0 Å². The van der Waals surface area contributed by atoms with E-state index < -0.39 is 18.1 Å². The molecule has 0 aromatic rings. The quantitative estimate of drug-likeness (QED) is 0.758. The van der Waals surface area contributed by atoms with E-state index in [0.717, 1.165) is 0 Å². The van der Waals surface area contributed by atoms with Gasteiger partial charge in [-0.2, -0.15) is 13.2 Å². The number of likely N-dealkylation sites (tertiary alicyclic amines) is 1. The van der Waals surface area contributed by atoms with Crippen LogP contribution >= 0.6 is 0 Å². The molecule has 0 aromatic heterocycles. The zero-order valence-electron chi connectivity index (χ0n) is 7.75. The molecule has 0 unspecified atom stereocenters. The van der Waals surface area contributed by atoms with Gasteiger partial charge in [0.1, 0.15) is 0 Å². The normalized spacial score (nSPS) is 21.8. The van der Waals surface area contributed by atoms with Crippen LogP contribution in [0.15, 0.2) is 0 Å². The Hall–Kier alpha value is -1.27. The third kappa shape index (κ3) is 3.10. The maximum atomic E-state index is 12.0. The van der Waals surface area contributed by atoms with E-state index >= 15 is 0 Å². The van der Waals surface area contributed by atoms with Gasteiger partial charge in [-0.3, -0.25) is 9.59 Å². The molecule has 0 spiro atoms. The summed E-state index contributed by atoms with van der Waals surface area (Å²) in [5.74, 6) is -3.30. The predicted molar refractivity (Wildman–Crippen MR) is 43.0 cm³/mol. The van der Waals surface area contributed by atoms with Gasteiger partial charge in [-0.25, -0.2) is 0 Å². The standard InChI is InChI=1S/C8H10F3NO3/c9-8(10,11)7(15)12-2-1-5(4-12)3-6(13)14/h5H,1-4H2,(H,13,14)/t5-/m0/s1. The number of rotatable bonds is 2. The fraction of sp³-hybridized carbons (Fsp3) is 0.750. The number of nitrogens with zero attached hydrogens (tertiary/aromatic N) is 1. The summed E-state index contributed by atoms with van der Waals surface area (Å²) in [5.41, 5.74) is 0. The fourth-order valence-corrected chi connectivity index (χ4v) is 1.61. The molecule has 0 radical (unpaired) electrons. The SMILES string of the molecule is O=C(O)C[C@@H]1CCN(C(=O)C(F)(F)F)C1. The Morgan fingerprint density at radius 1 is 1.40 bits per heavy atom. The Bertz CT molecular complexity index is 277. The molecular formula is C8H10F3NO3. The van der Waals surface area contributed by atoms with Crippen molar-refractivity contribution in [3.8, 4) is 0 Å². The number of carbonyl (C=O) groups excluding carboxylic acids is 1. The summed E-state index contributed by atoms with van der Waals surface area (Å²) in [5, 5.41) is 8.43. The van der Waals surface area contributed by atoms with Crippen molar-refractivity contribution in [2.45, 2.75) is 19.0 Å². The molecule has 1 heterocycles. The highest BCUT2D eigenvalue weighted by atomic mass is 19.4. The van der Waals surface area contributed by atoms with E-state index in [-0.39, 0.29) is 25.4 Å². The number of aliphatic carboxylic acids is 1. The molecule has 1 rings (SSSR count). The van der Waals surface area contributed by atoms with Gasteiger partial charge in [-0.05, 0) is 12.3 Å². The molecule has 1 atom stereocenters. The maximum Gasteiger partial charge on any atom is 0.471 e. The molecule has 1 N–H and O–H groups in total. The van der Waals surface area contributed by atoms with Gasteiger partial charge in [-0.15, -0.1) is 0 Å². The molecule has 7 heteroatoms. The van der Waals surface area contributed by atoms with Crippen molar-refractivity contribution in [2.24, 2.45) is 5.92 Å². The van der Waals surface area contributed by atoms with E-state index in [9.17, 15) is 22.8 Å². The summed E-state index contributed by atoms with van der Waals surface area (Å²) in [4.78, 5) is 21.7. The van der Waals surface area contributed by atoms with Crippen molar-refractivity contribution in [2.75, 3.05) is 13.1 Å². The monoisotopic (exact) mass is 225 g/mol. The highest BCUT2D eigenvalue weighted by Crippen LogP contribution is 2.25. The highest BCUT2D eigenvalue weighted by Gasteiger charge is 2.44. The molecule has 1 aliphatic rings. The zero-order chi connectivity index (χ0) is 11.6. The summed E-state index contributed by atoms with van der Waals surface area (Å²) in [7, 11) is 0. The van der Waals surface area contributed by atoms with E-state index in [0.29, 0.717) is 11.3 Å². The van der Waals surface area contributed by atoms with Gasteiger partial charge in [0.2, 0.25) is 0 Å². The summed E-state index contributed by atoms with van der Waals surface area (Å²) in [6.45, 7) is -0.138. The zero-order valence-corrected chi connectivity index (χ0v) is 7.75. The van der Waals surface area contributed by atoms with Crippen LogP contribution in [0.1, 0.15) is 12.8 Å². The van der Waals surface area contributed by atoms with E-state index in [2.05, 4.69) is 0 Å². The van der Waals surface area contributed by atoms with Crippen molar-refractivity contribution >= 4 is 11.9 Å². The Labute approximate surface area is 83.7 Å². The van der Waals surface area contributed by atoms with Crippen molar-refractivity contribution < 1.29 is 27.9 Å². The van der Waals surface area contributed by atoms with Crippen molar-refractivity contribution in [3.63, 3.8) is 0 Å². The Kier molecular flexibility index (Phi) is 3.21. The molecule has 15 heavy (non-hydrogen) atoms. The minimum Gasteiger partial charge on any atom is -0.481 e. The average molecular weight is 225 g/mol. The Balaban J connectivity index is 2.50. The van der Waals surface area contributed by atoms with Gasteiger partial charge in [0.15, 0.2) is 0 Å². The average Bonchev–Trinajstić information content (AvgIpc) is 2.48. The number of alkyl halides is 3. The smallest absolute Gasteiger partial charge is 0.471 e. The maximum absolute atomic E-state index is 12.0. The van der Waals surface area contributed by atoms with Gasteiger partial charge < -0.3 is 10.0 Å². The highest BCUT2D eigenvalue weighted by molar-refractivity contribution is 5.82. The third-order valence-corrected chi connectivity index (χ3v) is 2.28. The Morgan fingerprint density at radius 2 is 2.00 bits per heavy atom. The molecule has 0 saturated carbocycles. The molecule has 1 amide bonds. The molecule has 86 valence electrons. The van der Waals surface area contributed by atoms with Gasteiger partial charge >= 0.3 is 18.1 Å². The van der Waals surface area contributed by atoms with Crippen molar-refractivity contribution in [3.05, 3.63) is 0 Å². The fourth-order valence-electron chi connectivity index (χ4n) is 1.61. The first-order chi connectivity index (χ1) is 6.80. The van der Waals surface area contributed by atoms with Crippen molar-refractivity contribution in [1.29, 1.82) is 0 Å². The van der Waals surface area contributed by atoms with Crippen LogP contribution < -0.4 is 0 Å². The van der Waals surface area contributed by atoms with E-state index in [1.54, 1.807) is 0 Å². The number of hydrogen-bond acceptors (Lipinski definition) is 2. The molecule has 0 bridgehead atoms. The molecule has 1 saturated heterocycles. The molecule has 0 aromatic carbocycles. The lowest BCUT2D eigenvalue weighted by atomic mass is 10.1. The number of halogens is 3. The minimum atomic E-state index is -4.86. The first-order valence-corrected chi connectivity index (χ1v) is 4.38. The molecule has 1 fully saturated rings. The van der Waals surface area contributed by atoms with Crippen molar-refractivity contribution in [1.82, 2.24) is 4.90 Å².